The Bertz CT molecular complexity index is 969. The third-order valence-corrected chi connectivity index (χ3v) is 3.77. The van der Waals surface area contributed by atoms with Gasteiger partial charge in [0.1, 0.15) is 5.58 Å². The number of nitrogens with one attached hydrogen (secondary N) is 1. The number of hydrogen-bond acceptors (Lipinski definition) is 5. The highest BCUT2D eigenvalue weighted by molar-refractivity contribution is 6.02. The lowest BCUT2D eigenvalue weighted by atomic mass is 9.88. The van der Waals surface area contributed by atoms with E-state index in [4.69, 9.17) is 20.1 Å². The summed E-state index contributed by atoms with van der Waals surface area (Å²) >= 11 is 0. The molecular formula is C18H15F3N2O5. The van der Waals surface area contributed by atoms with Crippen LogP contribution in [0.15, 0.2) is 28.7 Å². The summed E-state index contributed by atoms with van der Waals surface area (Å²) in [5.74, 6) is 2.54. The molecule has 2 amide bonds. The van der Waals surface area contributed by atoms with Gasteiger partial charge >= 0.3 is 12.1 Å². The number of carboxylic acid groups (broad SMARTS) is 1. The minimum absolute atomic E-state index is 0.217. The minimum Gasteiger partial charge on any atom is -0.475 e. The van der Waals surface area contributed by atoms with Crippen molar-refractivity contribution in [3.8, 4) is 11.8 Å². The summed E-state index contributed by atoms with van der Waals surface area (Å²) in [7, 11) is 0. The second kappa shape index (κ2) is 8.58. The number of carboxylic acids is 1. The van der Waals surface area contributed by atoms with Gasteiger partial charge in [0.15, 0.2) is 5.76 Å². The molecule has 4 N–H and O–H groups in total. The summed E-state index contributed by atoms with van der Waals surface area (Å²) in [6.07, 6.45) is -4.22. The Hall–Kier alpha value is -3.32. The number of carbonyl (C=O) groups is 3. The Kier molecular flexibility index (Phi) is 6.43. The number of alkyl halides is 3. The van der Waals surface area contributed by atoms with Crippen molar-refractivity contribution in [1.29, 1.82) is 0 Å². The molecule has 2 heterocycles. The van der Waals surface area contributed by atoms with Crippen molar-refractivity contribution in [2.75, 3.05) is 6.54 Å². The van der Waals surface area contributed by atoms with Gasteiger partial charge in [-0.3, -0.25) is 14.9 Å². The Morgan fingerprint density at radius 3 is 2.61 bits per heavy atom. The van der Waals surface area contributed by atoms with Crippen LogP contribution in [-0.4, -0.2) is 35.6 Å². The van der Waals surface area contributed by atoms with E-state index >= 15 is 0 Å². The quantitative estimate of drug-likeness (QED) is 0.500. The normalized spacial score (nSPS) is 16.5. The highest BCUT2D eigenvalue weighted by Crippen LogP contribution is 2.32. The van der Waals surface area contributed by atoms with Crippen LogP contribution >= 0.6 is 0 Å². The number of aliphatic carboxylic acids is 1. The molecule has 1 atom stereocenters. The van der Waals surface area contributed by atoms with Gasteiger partial charge < -0.3 is 15.3 Å². The molecule has 0 spiro atoms. The van der Waals surface area contributed by atoms with Crippen molar-refractivity contribution in [3.63, 3.8) is 0 Å². The van der Waals surface area contributed by atoms with Gasteiger partial charge in [-0.05, 0) is 24.0 Å². The molecule has 7 nitrogen and oxygen atoms in total. The first kappa shape index (κ1) is 21.0. The summed E-state index contributed by atoms with van der Waals surface area (Å²) in [4.78, 5) is 32.2. The maximum atomic E-state index is 12.0. The van der Waals surface area contributed by atoms with Crippen molar-refractivity contribution in [1.82, 2.24) is 5.32 Å². The molecule has 0 saturated carbocycles. The summed E-state index contributed by atoms with van der Waals surface area (Å²) in [5.41, 5.74) is 6.89. The van der Waals surface area contributed by atoms with E-state index in [0.29, 0.717) is 24.2 Å². The summed E-state index contributed by atoms with van der Waals surface area (Å²) in [6, 6.07) is 7.37. The van der Waals surface area contributed by atoms with E-state index in [1.807, 2.05) is 24.3 Å². The number of hydrogen-bond donors (Lipinski definition) is 3. The fourth-order valence-electron chi connectivity index (χ4n) is 2.58. The molecule has 1 aromatic heterocycles. The number of amides is 2. The molecule has 1 fully saturated rings. The predicted octanol–water partition coefficient (Wildman–Crippen LogP) is 1.90. The van der Waals surface area contributed by atoms with Crippen LogP contribution < -0.4 is 11.1 Å². The highest BCUT2D eigenvalue weighted by Gasteiger charge is 2.38. The summed E-state index contributed by atoms with van der Waals surface area (Å²) < 4.78 is 37.4. The van der Waals surface area contributed by atoms with Gasteiger partial charge in [-0.1, -0.05) is 18.1 Å². The standard InChI is InChI=1S/C16H14N2O3.C2HF3O2/c17-8-2-3-10-9-13-11(4-1-5-14(13)21-10)12-6-7-15(19)18-16(12)20;3-2(4,5)1(6)7/h1,4-5,9,12H,6-8,17H2,(H,18,19,20);(H,6,7)/t12-;/m1./s1. The van der Waals surface area contributed by atoms with Gasteiger partial charge in [0.05, 0.1) is 12.5 Å². The lowest BCUT2D eigenvalue weighted by Crippen LogP contribution is -2.39. The van der Waals surface area contributed by atoms with Crippen molar-refractivity contribution >= 4 is 28.8 Å². The Morgan fingerprint density at radius 2 is 2.04 bits per heavy atom. The zero-order valence-electron chi connectivity index (χ0n) is 14.3. The Morgan fingerprint density at radius 1 is 1.36 bits per heavy atom. The first-order valence-corrected chi connectivity index (χ1v) is 7.98. The monoisotopic (exact) mass is 396 g/mol. The summed E-state index contributed by atoms with van der Waals surface area (Å²) in [5, 5.41) is 10.4. The average Bonchev–Trinajstić information content (AvgIpc) is 3.03. The first-order valence-electron chi connectivity index (χ1n) is 7.98. The number of imide groups is 1. The SMILES string of the molecule is NCC#Cc1cc2c([C@H]3CCC(=O)NC3=O)cccc2o1.O=C(O)C(F)(F)F. The maximum Gasteiger partial charge on any atom is 0.490 e. The smallest absolute Gasteiger partial charge is 0.475 e. The molecule has 148 valence electrons. The Labute approximate surface area is 156 Å². The average molecular weight is 396 g/mol. The molecule has 1 saturated heterocycles. The minimum atomic E-state index is -5.08. The molecule has 1 aliphatic heterocycles. The Balaban J connectivity index is 0.000000345. The van der Waals surface area contributed by atoms with Gasteiger partial charge in [-0.25, -0.2) is 4.79 Å². The molecule has 28 heavy (non-hydrogen) atoms. The first-order chi connectivity index (χ1) is 13.1. The fraction of sp³-hybridized carbons (Fsp3) is 0.278. The van der Waals surface area contributed by atoms with E-state index in [1.165, 1.54) is 0 Å². The van der Waals surface area contributed by atoms with Gasteiger partial charge in [0, 0.05) is 17.9 Å². The lowest BCUT2D eigenvalue weighted by molar-refractivity contribution is -0.192. The van der Waals surface area contributed by atoms with Gasteiger partial charge in [0.25, 0.3) is 0 Å². The molecule has 10 heteroatoms. The van der Waals surface area contributed by atoms with Gasteiger partial charge in [0.2, 0.25) is 11.8 Å². The molecule has 0 aliphatic carbocycles. The van der Waals surface area contributed by atoms with Crippen LogP contribution in [0.4, 0.5) is 13.2 Å². The van der Waals surface area contributed by atoms with E-state index in [0.717, 1.165) is 10.9 Å². The number of fused-ring (bicyclic) bond motifs is 1. The molecule has 3 rings (SSSR count). The van der Waals surface area contributed by atoms with Crippen molar-refractivity contribution in [2.24, 2.45) is 5.73 Å². The molecule has 2 aromatic rings. The molecule has 0 radical (unpaired) electrons. The largest absolute Gasteiger partial charge is 0.490 e. The zero-order valence-corrected chi connectivity index (χ0v) is 14.3. The molecule has 1 aliphatic rings. The molecule has 1 aromatic carbocycles. The van der Waals surface area contributed by atoms with Crippen LogP contribution in [0.5, 0.6) is 0 Å². The van der Waals surface area contributed by atoms with Crippen molar-refractivity contribution in [2.45, 2.75) is 24.9 Å². The molecular weight excluding hydrogens is 381 g/mol. The number of benzene rings is 1. The van der Waals surface area contributed by atoms with Gasteiger partial charge in [-0.15, -0.1) is 0 Å². The number of furan rings is 1. The van der Waals surface area contributed by atoms with Crippen LogP contribution in [0.2, 0.25) is 0 Å². The summed E-state index contributed by atoms with van der Waals surface area (Å²) in [6.45, 7) is 0.261. The number of nitrogens with two attached hydrogens (primary N) is 1. The second-order valence-corrected chi connectivity index (χ2v) is 5.68. The maximum absolute atomic E-state index is 12.0. The predicted molar refractivity (Wildman–Crippen MR) is 91.0 cm³/mol. The lowest BCUT2D eigenvalue weighted by Gasteiger charge is -2.21. The van der Waals surface area contributed by atoms with E-state index in [-0.39, 0.29) is 24.3 Å². The highest BCUT2D eigenvalue weighted by atomic mass is 19.4. The number of piperidine rings is 1. The van der Waals surface area contributed by atoms with Crippen LogP contribution in [-0.2, 0) is 14.4 Å². The van der Waals surface area contributed by atoms with Gasteiger partial charge in [-0.2, -0.15) is 13.2 Å². The number of carbonyl (C=O) groups excluding carboxylic acids is 2. The van der Waals surface area contributed by atoms with Crippen LogP contribution in [0.25, 0.3) is 11.0 Å². The topological polar surface area (TPSA) is 123 Å². The number of halogens is 3. The van der Waals surface area contributed by atoms with E-state index in [1.54, 1.807) is 0 Å². The second-order valence-electron chi connectivity index (χ2n) is 5.68. The van der Waals surface area contributed by atoms with Crippen molar-refractivity contribution in [3.05, 3.63) is 35.6 Å². The third kappa shape index (κ3) is 5.11. The zero-order chi connectivity index (χ0) is 20.9. The molecule has 0 unspecified atom stereocenters. The van der Waals surface area contributed by atoms with Crippen LogP contribution in [0, 0.1) is 11.8 Å². The fourth-order valence-corrected chi connectivity index (χ4v) is 2.58. The van der Waals surface area contributed by atoms with E-state index < -0.39 is 12.1 Å². The number of rotatable bonds is 1. The van der Waals surface area contributed by atoms with Crippen LogP contribution in [0.1, 0.15) is 30.1 Å². The molecule has 0 bridgehead atoms. The van der Waals surface area contributed by atoms with Crippen molar-refractivity contribution < 1.29 is 37.1 Å². The van der Waals surface area contributed by atoms with E-state index in [9.17, 15) is 22.8 Å². The van der Waals surface area contributed by atoms with E-state index in [2.05, 4.69) is 17.2 Å². The van der Waals surface area contributed by atoms with Crippen LogP contribution in [0.3, 0.4) is 0 Å². The third-order valence-electron chi connectivity index (χ3n) is 3.77.